The monoisotopic (exact) mass is 347 g/mol. The lowest BCUT2D eigenvalue weighted by Crippen LogP contribution is -2.35. The lowest BCUT2D eigenvalue weighted by molar-refractivity contribution is 0.0941. The molecule has 0 aliphatic carbocycles. The number of rotatable bonds is 4. The molecule has 1 aromatic carbocycles. The van der Waals surface area contributed by atoms with Crippen molar-refractivity contribution in [3.8, 4) is 0 Å². The predicted octanol–water partition coefficient (Wildman–Crippen LogP) is 1.47. The Labute approximate surface area is 141 Å². The van der Waals surface area contributed by atoms with Crippen molar-refractivity contribution in [1.29, 1.82) is 0 Å². The molecule has 1 aliphatic rings. The second-order valence-corrected chi connectivity index (χ2v) is 8.59. The normalized spacial score (nSPS) is 19.3. The van der Waals surface area contributed by atoms with E-state index in [1.807, 2.05) is 42.8 Å². The molecule has 1 fully saturated rings. The summed E-state index contributed by atoms with van der Waals surface area (Å²) in [7, 11) is -3.00. The van der Waals surface area contributed by atoms with Crippen LogP contribution in [0.25, 0.3) is 0 Å². The van der Waals surface area contributed by atoms with Gasteiger partial charge in [0.15, 0.2) is 9.84 Å². The van der Waals surface area contributed by atoms with Crippen molar-refractivity contribution in [1.82, 2.24) is 15.1 Å². The van der Waals surface area contributed by atoms with Gasteiger partial charge in [-0.1, -0.05) is 12.1 Å². The lowest BCUT2D eigenvalue weighted by atomic mass is 10.1. The summed E-state index contributed by atoms with van der Waals surface area (Å²) in [5, 5.41) is 7.25. The average Bonchev–Trinajstić information content (AvgIpc) is 3.00. The Hall–Kier alpha value is -2.15. The van der Waals surface area contributed by atoms with Gasteiger partial charge in [-0.2, -0.15) is 5.10 Å². The highest BCUT2D eigenvalue weighted by Gasteiger charge is 2.29. The predicted molar refractivity (Wildman–Crippen MR) is 91.8 cm³/mol. The van der Waals surface area contributed by atoms with Crippen LogP contribution >= 0.6 is 0 Å². The van der Waals surface area contributed by atoms with Crippen molar-refractivity contribution in [3.05, 3.63) is 52.8 Å². The second kappa shape index (κ2) is 6.39. The van der Waals surface area contributed by atoms with Crippen LogP contribution in [-0.4, -0.2) is 41.7 Å². The molecule has 3 rings (SSSR count). The van der Waals surface area contributed by atoms with Gasteiger partial charge in [-0.25, -0.2) is 8.42 Å². The highest BCUT2D eigenvalue weighted by Crippen LogP contribution is 2.14. The molecule has 0 saturated carbocycles. The Bertz CT molecular complexity index is 871. The fraction of sp³-hybridized carbons (Fsp3) is 0.412. The van der Waals surface area contributed by atoms with Crippen LogP contribution in [0.3, 0.4) is 0 Å². The van der Waals surface area contributed by atoms with E-state index in [0.29, 0.717) is 18.5 Å². The molecule has 6 nitrogen and oxygen atoms in total. The molecule has 1 atom stereocenters. The molecule has 1 unspecified atom stereocenters. The van der Waals surface area contributed by atoms with Crippen molar-refractivity contribution < 1.29 is 13.2 Å². The van der Waals surface area contributed by atoms with Gasteiger partial charge in [0.05, 0.1) is 23.7 Å². The maximum absolute atomic E-state index is 12.4. The van der Waals surface area contributed by atoms with Crippen LogP contribution in [0.1, 0.15) is 33.7 Å². The Kier molecular flexibility index (Phi) is 4.45. The van der Waals surface area contributed by atoms with Crippen LogP contribution in [0.4, 0.5) is 0 Å². The minimum atomic E-state index is -3.00. The number of nitrogens with one attached hydrogen (secondary N) is 1. The summed E-state index contributed by atoms with van der Waals surface area (Å²) < 4.78 is 24.9. The first kappa shape index (κ1) is 16.7. The van der Waals surface area contributed by atoms with E-state index in [9.17, 15) is 13.2 Å². The zero-order chi connectivity index (χ0) is 17.3. The number of aryl methyl sites for hydroxylation is 2. The molecule has 1 saturated heterocycles. The number of benzene rings is 1. The highest BCUT2D eigenvalue weighted by molar-refractivity contribution is 7.91. The van der Waals surface area contributed by atoms with Gasteiger partial charge in [0.1, 0.15) is 0 Å². The van der Waals surface area contributed by atoms with Gasteiger partial charge in [0, 0.05) is 17.3 Å². The minimum Gasteiger partial charge on any atom is -0.348 e. The molecule has 0 spiro atoms. The maximum Gasteiger partial charge on any atom is 0.251 e. The number of hydrogen-bond donors (Lipinski definition) is 1. The third-order valence-electron chi connectivity index (χ3n) is 4.19. The summed E-state index contributed by atoms with van der Waals surface area (Å²) in [5.74, 6) is -0.0487. The number of carbonyl (C=O) groups is 1. The van der Waals surface area contributed by atoms with Crippen LogP contribution in [0.2, 0.25) is 0 Å². The lowest BCUT2D eigenvalue weighted by Gasteiger charge is -2.12. The molecular weight excluding hydrogens is 326 g/mol. The zero-order valence-corrected chi connectivity index (χ0v) is 14.6. The van der Waals surface area contributed by atoms with Crippen molar-refractivity contribution >= 4 is 15.7 Å². The van der Waals surface area contributed by atoms with E-state index in [0.717, 1.165) is 17.0 Å². The molecule has 0 bridgehead atoms. The molecule has 2 aromatic rings. The van der Waals surface area contributed by atoms with E-state index in [4.69, 9.17) is 0 Å². The Morgan fingerprint density at radius 2 is 2.12 bits per heavy atom. The largest absolute Gasteiger partial charge is 0.348 e. The molecule has 2 heterocycles. The van der Waals surface area contributed by atoms with Crippen LogP contribution in [-0.2, 0) is 16.4 Å². The van der Waals surface area contributed by atoms with Gasteiger partial charge in [0.2, 0.25) is 0 Å². The molecule has 1 aromatic heterocycles. The van der Waals surface area contributed by atoms with Crippen LogP contribution in [0.15, 0.2) is 30.3 Å². The number of hydrogen-bond acceptors (Lipinski definition) is 4. The van der Waals surface area contributed by atoms with Gasteiger partial charge < -0.3 is 5.32 Å². The first-order chi connectivity index (χ1) is 11.3. The quantitative estimate of drug-likeness (QED) is 0.908. The van der Waals surface area contributed by atoms with Crippen molar-refractivity contribution in [2.24, 2.45) is 0 Å². The van der Waals surface area contributed by atoms with Crippen LogP contribution in [0.5, 0.6) is 0 Å². The molecular formula is C17H21N3O3S. The topological polar surface area (TPSA) is 81.1 Å². The van der Waals surface area contributed by atoms with E-state index < -0.39 is 9.84 Å². The standard InChI is InChI=1S/C17H21N3O3S/c1-12-8-13(2)20(19-12)10-14-4-3-5-15(9-14)17(21)18-16-6-7-24(22,23)11-16/h3-5,8-9,16H,6-7,10-11H2,1-2H3,(H,18,21). The number of carbonyl (C=O) groups excluding carboxylic acids is 1. The van der Waals surface area contributed by atoms with Gasteiger partial charge in [-0.05, 0) is 44.0 Å². The van der Waals surface area contributed by atoms with Crippen molar-refractivity contribution in [2.45, 2.75) is 32.9 Å². The number of amides is 1. The third-order valence-corrected chi connectivity index (χ3v) is 5.96. The maximum atomic E-state index is 12.4. The smallest absolute Gasteiger partial charge is 0.251 e. The van der Waals surface area contributed by atoms with E-state index in [2.05, 4.69) is 10.4 Å². The van der Waals surface area contributed by atoms with E-state index in [1.54, 1.807) is 6.07 Å². The van der Waals surface area contributed by atoms with Gasteiger partial charge >= 0.3 is 0 Å². The Morgan fingerprint density at radius 1 is 1.33 bits per heavy atom. The summed E-state index contributed by atoms with van der Waals surface area (Å²) in [6.45, 7) is 4.54. The molecule has 7 heteroatoms. The van der Waals surface area contributed by atoms with Crippen molar-refractivity contribution in [3.63, 3.8) is 0 Å². The summed E-state index contributed by atoms with van der Waals surface area (Å²) in [4.78, 5) is 12.4. The third kappa shape index (κ3) is 3.84. The van der Waals surface area contributed by atoms with E-state index in [-0.39, 0.29) is 23.5 Å². The average molecular weight is 347 g/mol. The van der Waals surface area contributed by atoms with E-state index in [1.165, 1.54) is 0 Å². The summed E-state index contributed by atoms with van der Waals surface area (Å²) >= 11 is 0. The second-order valence-electron chi connectivity index (χ2n) is 6.36. The van der Waals surface area contributed by atoms with E-state index >= 15 is 0 Å². The van der Waals surface area contributed by atoms with Gasteiger partial charge in [0.25, 0.3) is 5.91 Å². The fourth-order valence-corrected chi connectivity index (χ4v) is 4.67. The first-order valence-electron chi connectivity index (χ1n) is 7.94. The molecule has 128 valence electrons. The first-order valence-corrected chi connectivity index (χ1v) is 9.76. The fourth-order valence-electron chi connectivity index (χ4n) is 3.00. The summed E-state index contributed by atoms with van der Waals surface area (Å²) in [5.41, 5.74) is 3.55. The molecule has 1 aliphatic heterocycles. The molecule has 0 radical (unpaired) electrons. The molecule has 1 amide bonds. The summed E-state index contributed by atoms with van der Waals surface area (Å²) in [6.07, 6.45) is 0.486. The van der Waals surface area contributed by atoms with Crippen LogP contribution in [0, 0.1) is 13.8 Å². The SMILES string of the molecule is Cc1cc(C)n(Cc2cccc(C(=O)NC3CCS(=O)(=O)C3)c2)n1. The number of sulfone groups is 1. The minimum absolute atomic E-state index is 0.0319. The number of aromatic nitrogens is 2. The Morgan fingerprint density at radius 3 is 2.75 bits per heavy atom. The Balaban J connectivity index is 1.70. The van der Waals surface area contributed by atoms with Gasteiger partial charge in [-0.15, -0.1) is 0 Å². The molecule has 24 heavy (non-hydrogen) atoms. The van der Waals surface area contributed by atoms with Crippen molar-refractivity contribution in [2.75, 3.05) is 11.5 Å². The van der Waals surface area contributed by atoms with Gasteiger partial charge in [-0.3, -0.25) is 9.48 Å². The zero-order valence-electron chi connectivity index (χ0n) is 13.8. The van der Waals surface area contributed by atoms with Crippen LogP contribution < -0.4 is 5.32 Å². The molecule has 1 N–H and O–H groups in total. The highest BCUT2D eigenvalue weighted by atomic mass is 32.2. The summed E-state index contributed by atoms with van der Waals surface area (Å²) in [6, 6.07) is 9.08. The number of nitrogens with zero attached hydrogens (tertiary/aromatic N) is 2.